The van der Waals surface area contributed by atoms with Crippen molar-refractivity contribution in [2.24, 2.45) is 5.41 Å². The van der Waals surface area contributed by atoms with Crippen molar-refractivity contribution >= 4 is 17.5 Å². The van der Waals surface area contributed by atoms with Crippen LogP contribution in [0.3, 0.4) is 0 Å². The number of hydrogen-bond donors (Lipinski definition) is 1. The van der Waals surface area contributed by atoms with E-state index in [4.69, 9.17) is 4.74 Å². The van der Waals surface area contributed by atoms with Gasteiger partial charge in [-0.2, -0.15) is 0 Å². The molecule has 7 heteroatoms. The second-order valence-electron chi connectivity index (χ2n) is 9.36. The van der Waals surface area contributed by atoms with Crippen molar-refractivity contribution in [2.45, 2.75) is 89.8 Å². The molecule has 0 bridgehead atoms. The summed E-state index contributed by atoms with van der Waals surface area (Å²) in [6, 6.07) is -0.409. The summed E-state index contributed by atoms with van der Waals surface area (Å²) < 4.78 is 35.1. The van der Waals surface area contributed by atoms with Crippen molar-refractivity contribution < 1.29 is 18.5 Å². The van der Waals surface area contributed by atoms with Gasteiger partial charge in [-0.15, -0.1) is 4.72 Å². The Bertz CT molecular complexity index is 482. The van der Waals surface area contributed by atoms with E-state index in [2.05, 4.69) is 4.72 Å². The van der Waals surface area contributed by atoms with Crippen LogP contribution in [0.25, 0.3) is 0 Å². The van der Waals surface area contributed by atoms with Gasteiger partial charge in [-0.25, -0.2) is 9.18 Å². The fraction of sp³-hybridized carbons (Fsp3) is 0.944. The van der Waals surface area contributed by atoms with Crippen LogP contribution in [-0.2, 0) is 16.1 Å². The van der Waals surface area contributed by atoms with Crippen LogP contribution in [0.15, 0.2) is 0 Å². The highest BCUT2D eigenvalue weighted by atomic mass is 32.2. The van der Waals surface area contributed by atoms with Crippen LogP contribution in [-0.4, -0.2) is 51.2 Å². The number of carbonyl (C=O) groups is 1. The number of carbonyl (C=O) groups excluding carboxylic acids is 1. The molecule has 5 nitrogen and oxygen atoms in total. The molecule has 0 aromatic rings. The van der Waals surface area contributed by atoms with Gasteiger partial charge in [0.1, 0.15) is 16.5 Å². The summed E-state index contributed by atoms with van der Waals surface area (Å²) in [5.41, 5.74) is -0.740. The van der Waals surface area contributed by atoms with Gasteiger partial charge in [-0.1, -0.05) is 0 Å². The molecule has 3 atom stereocenters. The number of halogens is 1. The van der Waals surface area contributed by atoms with Gasteiger partial charge < -0.3 is 14.2 Å². The summed E-state index contributed by atoms with van der Waals surface area (Å²) in [4.78, 5) is 13.9. The van der Waals surface area contributed by atoms with Crippen molar-refractivity contribution in [1.82, 2.24) is 9.62 Å². The van der Waals surface area contributed by atoms with Gasteiger partial charge in [0.15, 0.2) is 0 Å². The molecule has 0 aromatic heterocycles. The molecule has 1 N–H and O–H groups in total. The fourth-order valence-corrected chi connectivity index (χ4v) is 4.63. The van der Waals surface area contributed by atoms with E-state index in [0.29, 0.717) is 32.4 Å². The van der Waals surface area contributed by atoms with Crippen molar-refractivity contribution in [1.29, 1.82) is 0 Å². The van der Waals surface area contributed by atoms with E-state index in [1.165, 1.54) is 0 Å². The molecule has 3 unspecified atom stereocenters. The molecule has 2 fully saturated rings. The number of alkyl halides is 1. The molecule has 1 aliphatic carbocycles. The highest BCUT2D eigenvalue weighted by molar-refractivity contribution is 7.90. The second kappa shape index (κ2) is 7.24. The Morgan fingerprint density at radius 2 is 1.76 bits per heavy atom. The van der Waals surface area contributed by atoms with E-state index in [1.807, 2.05) is 41.5 Å². The zero-order chi connectivity index (χ0) is 19.0. The average Bonchev–Trinajstić information content (AvgIpc) is 2.75. The van der Waals surface area contributed by atoms with Crippen molar-refractivity contribution in [3.63, 3.8) is 0 Å². The Balaban J connectivity index is 2.01. The normalized spacial score (nSPS) is 28.2. The fourth-order valence-electron chi connectivity index (χ4n) is 3.64. The van der Waals surface area contributed by atoms with Crippen LogP contribution < -0.4 is 4.72 Å². The number of ether oxygens (including phenoxy) is 1. The molecule has 25 heavy (non-hydrogen) atoms. The van der Waals surface area contributed by atoms with E-state index >= 15 is 0 Å². The first-order valence-electron chi connectivity index (χ1n) is 9.14. The molecule has 1 saturated heterocycles. The van der Waals surface area contributed by atoms with Crippen molar-refractivity contribution in [2.75, 3.05) is 13.1 Å². The molecular formula is C18H33FN2O3S. The number of piperidine rings is 1. The third-order valence-corrected chi connectivity index (χ3v) is 6.72. The lowest BCUT2D eigenvalue weighted by Crippen LogP contribution is -2.56. The summed E-state index contributed by atoms with van der Waals surface area (Å²) in [7, 11) is 0. The van der Waals surface area contributed by atoms with Crippen LogP contribution in [0.4, 0.5) is 9.18 Å². The van der Waals surface area contributed by atoms with Crippen LogP contribution >= 0.6 is 0 Å². The number of rotatable bonds is 2. The zero-order valence-corrected chi connectivity index (χ0v) is 17.2. The Hall–Kier alpha value is -0.530. The molecule has 1 spiro atoms. The van der Waals surface area contributed by atoms with E-state index < -0.39 is 33.9 Å². The minimum Gasteiger partial charge on any atom is -0.598 e. The number of amides is 1. The lowest BCUT2D eigenvalue weighted by molar-refractivity contribution is 0.00682. The summed E-state index contributed by atoms with van der Waals surface area (Å²) in [5.74, 6) is 0. The number of hydrogen-bond acceptors (Lipinski definition) is 4. The summed E-state index contributed by atoms with van der Waals surface area (Å²) in [6.45, 7) is 12.3. The maximum Gasteiger partial charge on any atom is 0.410 e. The lowest BCUT2D eigenvalue weighted by atomic mass is 9.74. The van der Waals surface area contributed by atoms with Gasteiger partial charge in [0, 0.05) is 24.5 Å². The summed E-state index contributed by atoms with van der Waals surface area (Å²) in [6.07, 6.45) is 1.40. The number of likely N-dealkylation sites (tertiary alicyclic amines) is 1. The molecular weight excluding hydrogens is 343 g/mol. The summed E-state index contributed by atoms with van der Waals surface area (Å²) >= 11 is -1.30. The maximum absolute atomic E-state index is 14.5. The monoisotopic (exact) mass is 376 g/mol. The molecule has 1 heterocycles. The highest BCUT2D eigenvalue weighted by Crippen LogP contribution is 2.48. The smallest absolute Gasteiger partial charge is 0.410 e. The van der Waals surface area contributed by atoms with Gasteiger partial charge in [-0.3, -0.25) is 0 Å². The van der Waals surface area contributed by atoms with Crippen molar-refractivity contribution in [3.05, 3.63) is 0 Å². The highest BCUT2D eigenvalue weighted by Gasteiger charge is 2.53. The molecule has 0 aromatic carbocycles. The van der Waals surface area contributed by atoms with E-state index in [9.17, 15) is 13.7 Å². The first kappa shape index (κ1) is 20.8. The topological polar surface area (TPSA) is 64.6 Å². The van der Waals surface area contributed by atoms with Gasteiger partial charge in [0.05, 0.1) is 6.04 Å². The average molecular weight is 377 g/mol. The van der Waals surface area contributed by atoms with Gasteiger partial charge in [0.2, 0.25) is 0 Å². The third-order valence-electron chi connectivity index (χ3n) is 5.14. The number of nitrogens with one attached hydrogen (secondary N) is 1. The van der Waals surface area contributed by atoms with E-state index in [-0.39, 0.29) is 11.5 Å². The number of nitrogens with zero attached hydrogens (tertiary/aromatic N) is 1. The van der Waals surface area contributed by atoms with Crippen LogP contribution in [0.2, 0.25) is 0 Å². The molecule has 2 rings (SSSR count). The Morgan fingerprint density at radius 1 is 1.20 bits per heavy atom. The predicted octanol–water partition coefficient (Wildman–Crippen LogP) is 3.56. The molecule has 2 aliphatic rings. The van der Waals surface area contributed by atoms with E-state index in [1.54, 1.807) is 4.90 Å². The zero-order valence-electron chi connectivity index (χ0n) is 16.4. The standard InChI is InChI=1S/C18H33FN2O3S/c1-16(2,3)24-15(22)21-11-9-18(10-12-21)8-7-13(19)14(18)20-25(23)17(4,5)6/h13-14,20H,7-12H2,1-6H3. The Labute approximate surface area is 154 Å². The van der Waals surface area contributed by atoms with Crippen LogP contribution in [0.5, 0.6) is 0 Å². The second-order valence-corrected chi connectivity index (χ2v) is 11.4. The third kappa shape index (κ3) is 5.01. The van der Waals surface area contributed by atoms with Gasteiger partial charge in [-0.05, 0) is 72.6 Å². The molecule has 1 amide bonds. The largest absolute Gasteiger partial charge is 0.598 e. The molecule has 146 valence electrons. The summed E-state index contributed by atoms with van der Waals surface area (Å²) in [5, 5.41) is 0. The Kier molecular flexibility index (Phi) is 6.01. The minimum atomic E-state index is -1.30. The van der Waals surface area contributed by atoms with Gasteiger partial charge >= 0.3 is 6.09 Å². The molecule has 0 radical (unpaired) electrons. The SMILES string of the molecule is CC(C)(C)OC(=O)N1CCC2(CCC(F)C2N[S+]([O-])C(C)(C)C)CC1. The lowest BCUT2D eigenvalue weighted by Gasteiger charge is -2.43. The van der Waals surface area contributed by atoms with Gasteiger partial charge in [0.25, 0.3) is 0 Å². The maximum atomic E-state index is 14.5. The Morgan fingerprint density at radius 3 is 2.24 bits per heavy atom. The molecule has 1 aliphatic heterocycles. The van der Waals surface area contributed by atoms with Crippen molar-refractivity contribution in [3.8, 4) is 0 Å². The molecule has 1 saturated carbocycles. The van der Waals surface area contributed by atoms with Crippen LogP contribution in [0, 0.1) is 5.41 Å². The first-order chi connectivity index (χ1) is 11.3. The van der Waals surface area contributed by atoms with Crippen LogP contribution in [0.1, 0.15) is 67.2 Å². The predicted molar refractivity (Wildman–Crippen MR) is 98.4 cm³/mol. The minimum absolute atomic E-state index is 0.223. The van der Waals surface area contributed by atoms with E-state index in [0.717, 1.165) is 6.42 Å². The first-order valence-corrected chi connectivity index (χ1v) is 10.3. The quantitative estimate of drug-likeness (QED) is 0.749.